The molecule has 0 saturated carbocycles. The van der Waals surface area contributed by atoms with Crippen molar-refractivity contribution in [2.24, 2.45) is 0 Å². The average Bonchev–Trinajstić information content (AvgIpc) is 2.27. The van der Waals surface area contributed by atoms with Gasteiger partial charge in [-0.3, -0.25) is 9.20 Å². The van der Waals surface area contributed by atoms with Crippen LogP contribution < -0.4 is 10.5 Å². The molecule has 1 aliphatic heterocycles. The quantitative estimate of drug-likeness (QED) is 0.833. The van der Waals surface area contributed by atoms with Crippen molar-refractivity contribution in [3.05, 3.63) is 39.3 Å². The molecule has 1 aliphatic rings. The monoisotopic (exact) mass is 263 g/mol. The summed E-state index contributed by atoms with van der Waals surface area (Å²) in [5.74, 6) is 0.781. The molecule has 0 atom stereocenters. The summed E-state index contributed by atoms with van der Waals surface area (Å²) in [6, 6.07) is 3.46. The summed E-state index contributed by atoms with van der Waals surface area (Å²) >= 11 is 6.02. The fourth-order valence-electron chi connectivity index (χ4n) is 2.19. The molecule has 2 aromatic heterocycles. The van der Waals surface area contributed by atoms with Crippen molar-refractivity contribution < 1.29 is 0 Å². The maximum Gasteiger partial charge on any atom is 0.260 e. The van der Waals surface area contributed by atoms with E-state index < -0.39 is 0 Å². The van der Waals surface area contributed by atoms with Gasteiger partial charge in [0.15, 0.2) is 0 Å². The number of rotatable bonds is 2. The molecular formula is C13H14ClN3O. The second-order valence-electron chi connectivity index (χ2n) is 4.52. The van der Waals surface area contributed by atoms with Crippen LogP contribution in [-0.2, 0) is 6.42 Å². The number of nitrogens with zero attached hydrogens (tertiary/aromatic N) is 3. The van der Waals surface area contributed by atoms with E-state index in [4.69, 9.17) is 11.6 Å². The smallest absolute Gasteiger partial charge is 0.260 e. The number of pyridine rings is 1. The minimum Gasteiger partial charge on any atom is -0.356 e. The van der Waals surface area contributed by atoms with E-state index in [1.807, 2.05) is 13.0 Å². The molecule has 1 fully saturated rings. The lowest BCUT2D eigenvalue weighted by Gasteiger charge is -2.32. The summed E-state index contributed by atoms with van der Waals surface area (Å²) < 4.78 is 1.53. The first-order valence-electron chi connectivity index (χ1n) is 6.16. The number of fused-ring (bicyclic) bond motifs is 1. The van der Waals surface area contributed by atoms with E-state index in [0.717, 1.165) is 36.5 Å². The minimum absolute atomic E-state index is 0.0703. The fraction of sp³-hybridized carbons (Fsp3) is 0.385. The minimum atomic E-state index is -0.0703. The maximum atomic E-state index is 12.1. The van der Waals surface area contributed by atoms with Gasteiger partial charge in [-0.1, -0.05) is 18.5 Å². The summed E-state index contributed by atoms with van der Waals surface area (Å²) in [5.41, 5.74) is 1.65. The average molecular weight is 264 g/mol. The fourth-order valence-corrected chi connectivity index (χ4v) is 2.42. The van der Waals surface area contributed by atoms with Gasteiger partial charge < -0.3 is 4.90 Å². The van der Waals surface area contributed by atoms with Gasteiger partial charge in [0.2, 0.25) is 0 Å². The van der Waals surface area contributed by atoms with Crippen molar-refractivity contribution in [2.75, 3.05) is 18.0 Å². The molecule has 0 spiro atoms. The van der Waals surface area contributed by atoms with Crippen LogP contribution in [0.2, 0.25) is 5.02 Å². The summed E-state index contributed by atoms with van der Waals surface area (Å²) in [6.07, 6.45) is 3.60. The Labute approximate surface area is 110 Å². The Morgan fingerprint density at radius 2 is 2.17 bits per heavy atom. The van der Waals surface area contributed by atoms with E-state index in [1.165, 1.54) is 10.8 Å². The third-order valence-corrected chi connectivity index (χ3v) is 3.56. The lowest BCUT2D eigenvalue weighted by molar-refractivity contribution is 0.609. The Bertz CT molecular complexity index is 661. The van der Waals surface area contributed by atoms with Crippen molar-refractivity contribution in [3.8, 4) is 0 Å². The zero-order valence-electron chi connectivity index (χ0n) is 10.2. The molecule has 4 nitrogen and oxygen atoms in total. The molecule has 1 saturated heterocycles. The van der Waals surface area contributed by atoms with Crippen LogP contribution in [-0.4, -0.2) is 22.5 Å². The van der Waals surface area contributed by atoms with Gasteiger partial charge in [0.1, 0.15) is 11.5 Å². The van der Waals surface area contributed by atoms with Crippen molar-refractivity contribution >= 4 is 23.1 Å². The predicted molar refractivity (Wildman–Crippen MR) is 72.7 cm³/mol. The summed E-state index contributed by atoms with van der Waals surface area (Å²) in [7, 11) is 0. The van der Waals surface area contributed by atoms with Gasteiger partial charge in [-0.2, -0.15) is 0 Å². The van der Waals surface area contributed by atoms with Crippen LogP contribution in [0.15, 0.2) is 23.1 Å². The Morgan fingerprint density at radius 1 is 1.39 bits per heavy atom. The Kier molecular flexibility index (Phi) is 2.74. The SMILES string of the molecule is CCc1cc(Cl)cn2c(=O)cc(N3CCC3)nc12. The molecule has 18 heavy (non-hydrogen) atoms. The van der Waals surface area contributed by atoms with E-state index in [-0.39, 0.29) is 5.56 Å². The van der Waals surface area contributed by atoms with Gasteiger partial charge >= 0.3 is 0 Å². The molecule has 3 rings (SSSR count). The number of anilines is 1. The van der Waals surface area contributed by atoms with Crippen molar-refractivity contribution in [2.45, 2.75) is 19.8 Å². The highest BCUT2D eigenvalue weighted by molar-refractivity contribution is 6.30. The zero-order valence-corrected chi connectivity index (χ0v) is 10.9. The molecule has 94 valence electrons. The summed E-state index contributed by atoms with van der Waals surface area (Å²) in [5, 5.41) is 0.569. The van der Waals surface area contributed by atoms with Gasteiger partial charge in [-0.05, 0) is 24.5 Å². The third-order valence-electron chi connectivity index (χ3n) is 3.35. The summed E-state index contributed by atoms with van der Waals surface area (Å²) in [4.78, 5) is 18.8. The van der Waals surface area contributed by atoms with E-state index in [0.29, 0.717) is 5.02 Å². The number of hydrogen-bond acceptors (Lipinski definition) is 3. The van der Waals surface area contributed by atoms with Crippen LogP contribution >= 0.6 is 11.6 Å². The van der Waals surface area contributed by atoms with Crippen LogP contribution in [0.4, 0.5) is 5.82 Å². The van der Waals surface area contributed by atoms with Crippen molar-refractivity contribution in [3.63, 3.8) is 0 Å². The van der Waals surface area contributed by atoms with E-state index >= 15 is 0 Å². The highest BCUT2D eigenvalue weighted by Crippen LogP contribution is 2.20. The lowest BCUT2D eigenvalue weighted by Crippen LogP contribution is -2.38. The van der Waals surface area contributed by atoms with E-state index in [9.17, 15) is 4.79 Å². The molecule has 0 radical (unpaired) electrons. The second-order valence-corrected chi connectivity index (χ2v) is 4.96. The standard InChI is InChI=1S/C13H14ClN3O/c1-2-9-6-10(14)8-17-12(18)7-11(15-13(9)17)16-4-3-5-16/h6-8H,2-5H2,1H3. The molecule has 0 aliphatic carbocycles. The van der Waals surface area contributed by atoms with Crippen LogP contribution in [0.1, 0.15) is 18.9 Å². The molecule has 3 heterocycles. The van der Waals surface area contributed by atoms with Gasteiger partial charge in [0.05, 0.1) is 5.02 Å². The molecule has 5 heteroatoms. The Morgan fingerprint density at radius 3 is 2.78 bits per heavy atom. The number of aryl methyl sites for hydroxylation is 1. The topological polar surface area (TPSA) is 37.6 Å². The molecule has 2 aromatic rings. The zero-order chi connectivity index (χ0) is 12.7. The number of halogens is 1. The summed E-state index contributed by atoms with van der Waals surface area (Å²) in [6.45, 7) is 4.00. The number of aromatic nitrogens is 2. The van der Waals surface area contributed by atoms with Crippen molar-refractivity contribution in [1.29, 1.82) is 0 Å². The third kappa shape index (κ3) is 1.77. The predicted octanol–water partition coefficient (Wildman–Crippen LogP) is 2.12. The first-order chi connectivity index (χ1) is 8.69. The molecule has 0 unspecified atom stereocenters. The highest BCUT2D eigenvalue weighted by Gasteiger charge is 2.17. The van der Waals surface area contributed by atoms with Crippen molar-refractivity contribution in [1.82, 2.24) is 9.38 Å². The van der Waals surface area contributed by atoms with Crippen LogP contribution in [0.25, 0.3) is 5.65 Å². The van der Waals surface area contributed by atoms with Gasteiger partial charge in [-0.25, -0.2) is 4.98 Å². The van der Waals surface area contributed by atoms with Crippen LogP contribution in [0.5, 0.6) is 0 Å². The lowest BCUT2D eigenvalue weighted by atomic mass is 10.2. The van der Waals surface area contributed by atoms with Crippen LogP contribution in [0.3, 0.4) is 0 Å². The molecule has 0 bridgehead atoms. The highest BCUT2D eigenvalue weighted by atomic mass is 35.5. The largest absolute Gasteiger partial charge is 0.356 e. The molecular weight excluding hydrogens is 250 g/mol. The van der Waals surface area contributed by atoms with Gasteiger partial charge in [0.25, 0.3) is 5.56 Å². The molecule has 0 N–H and O–H groups in total. The van der Waals surface area contributed by atoms with Gasteiger partial charge in [-0.15, -0.1) is 0 Å². The maximum absolute atomic E-state index is 12.1. The van der Waals surface area contributed by atoms with Crippen LogP contribution in [0, 0.1) is 0 Å². The Hall–Kier alpha value is -1.55. The van der Waals surface area contributed by atoms with E-state index in [2.05, 4.69) is 9.88 Å². The van der Waals surface area contributed by atoms with E-state index in [1.54, 1.807) is 12.3 Å². The first-order valence-corrected chi connectivity index (χ1v) is 6.53. The Balaban J connectivity index is 2.27. The molecule has 0 amide bonds. The second kappa shape index (κ2) is 4.28. The first kappa shape index (κ1) is 11.5. The van der Waals surface area contributed by atoms with Gasteiger partial charge in [0, 0.05) is 25.4 Å². The number of hydrogen-bond donors (Lipinski definition) is 0. The molecule has 0 aromatic carbocycles. The normalized spacial score (nSPS) is 14.9.